The van der Waals surface area contributed by atoms with Crippen molar-refractivity contribution in [3.05, 3.63) is 29.5 Å². The molecule has 2 aromatic rings. The molecule has 18 heavy (non-hydrogen) atoms. The molecule has 2 heterocycles. The van der Waals surface area contributed by atoms with E-state index in [4.69, 9.17) is 0 Å². The van der Waals surface area contributed by atoms with Gasteiger partial charge in [0.1, 0.15) is 0 Å². The number of hydrogen-bond donors (Lipinski definition) is 1. The van der Waals surface area contributed by atoms with Crippen LogP contribution in [0.4, 0.5) is 0 Å². The first-order valence-corrected chi connectivity index (χ1v) is 6.33. The number of benzene rings is 1. The van der Waals surface area contributed by atoms with E-state index in [1.807, 2.05) is 18.1 Å². The van der Waals surface area contributed by atoms with E-state index in [-0.39, 0.29) is 5.91 Å². The third-order valence-corrected chi connectivity index (χ3v) is 3.93. The third kappa shape index (κ3) is 1.78. The molecule has 94 valence electrons. The highest BCUT2D eigenvalue weighted by Gasteiger charge is 2.25. The van der Waals surface area contributed by atoms with Gasteiger partial charge in [-0.15, -0.1) is 0 Å². The van der Waals surface area contributed by atoms with Crippen LogP contribution in [0.5, 0.6) is 0 Å². The number of rotatable bonds is 1. The van der Waals surface area contributed by atoms with Crippen LogP contribution in [0.1, 0.15) is 29.9 Å². The van der Waals surface area contributed by atoms with Crippen molar-refractivity contribution in [1.82, 2.24) is 15.1 Å². The first kappa shape index (κ1) is 11.3. The lowest BCUT2D eigenvalue weighted by molar-refractivity contribution is -0.132. The molecule has 1 saturated heterocycles. The normalized spacial score (nSPS) is 20.7. The highest BCUT2D eigenvalue weighted by Crippen LogP contribution is 2.32. The number of aromatic amines is 1. The summed E-state index contributed by atoms with van der Waals surface area (Å²) < 4.78 is 0. The van der Waals surface area contributed by atoms with Crippen LogP contribution in [0.2, 0.25) is 0 Å². The van der Waals surface area contributed by atoms with Crippen LogP contribution in [-0.2, 0) is 4.79 Å². The number of carbonyl (C=O) groups is 1. The number of nitrogens with zero attached hydrogens (tertiary/aromatic N) is 2. The van der Waals surface area contributed by atoms with Crippen molar-refractivity contribution in [2.75, 3.05) is 13.6 Å². The summed E-state index contributed by atoms with van der Waals surface area (Å²) in [6.45, 7) is 2.97. The number of aromatic nitrogens is 2. The Morgan fingerprint density at radius 2 is 2.28 bits per heavy atom. The standard InChI is InChI=1S/C14H17N3O/c1-9-5-11-8-15-16-13(11)7-12(9)10-3-4-17(2)14(18)6-10/h5,7-8,10H,3-4,6H2,1-2H3,(H,15,16). The SMILES string of the molecule is Cc1cc2cn[nH]c2cc1C1CCN(C)C(=O)C1. The van der Waals surface area contributed by atoms with Crippen molar-refractivity contribution < 1.29 is 4.79 Å². The van der Waals surface area contributed by atoms with Crippen LogP contribution in [0, 0.1) is 6.92 Å². The Hall–Kier alpha value is -1.84. The van der Waals surface area contributed by atoms with Crippen molar-refractivity contribution >= 4 is 16.8 Å². The second-order valence-corrected chi connectivity index (χ2v) is 5.17. The fourth-order valence-corrected chi connectivity index (χ4v) is 2.77. The number of hydrogen-bond acceptors (Lipinski definition) is 2. The molecule has 3 rings (SSSR count). The summed E-state index contributed by atoms with van der Waals surface area (Å²) in [5.74, 6) is 0.594. The van der Waals surface area contributed by atoms with E-state index in [2.05, 4.69) is 29.3 Å². The monoisotopic (exact) mass is 243 g/mol. The Bertz CT molecular complexity index is 602. The Labute approximate surface area is 106 Å². The molecular formula is C14H17N3O. The van der Waals surface area contributed by atoms with Gasteiger partial charge in [-0.2, -0.15) is 5.10 Å². The predicted molar refractivity (Wildman–Crippen MR) is 70.4 cm³/mol. The topological polar surface area (TPSA) is 49.0 Å². The smallest absolute Gasteiger partial charge is 0.222 e. The van der Waals surface area contributed by atoms with E-state index < -0.39 is 0 Å². The average Bonchev–Trinajstić information content (AvgIpc) is 2.79. The molecule has 1 N–H and O–H groups in total. The van der Waals surface area contributed by atoms with Crippen LogP contribution in [-0.4, -0.2) is 34.6 Å². The van der Waals surface area contributed by atoms with E-state index in [0.29, 0.717) is 12.3 Å². The molecule has 4 heteroatoms. The van der Waals surface area contributed by atoms with Crippen molar-refractivity contribution in [2.24, 2.45) is 0 Å². The average molecular weight is 243 g/mol. The van der Waals surface area contributed by atoms with Gasteiger partial charge >= 0.3 is 0 Å². The van der Waals surface area contributed by atoms with E-state index >= 15 is 0 Å². The molecular weight excluding hydrogens is 226 g/mol. The minimum Gasteiger partial charge on any atom is -0.346 e. The molecule has 1 aromatic heterocycles. The molecule has 1 unspecified atom stereocenters. The van der Waals surface area contributed by atoms with Gasteiger partial charge in [-0.05, 0) is 42.5 Å². The van der Waals surface area contributed by atoms with Gasteiger partial charge in [0.25, 0.3) is 0 Å². The second-order valence-electron chi connectivity index (χ2n) is 5.17. The van der Waals surface area contributed by atoms with Crippen LogP contribution < -0.4 is 0 Å². The lowest BCUT2D eigenvalue weighted by Gasteiger charge is -2.29. The fourth-order valence-electron chi connectivity index (χ4n) is 2.77. The maximum atomic E-state index is 11.8. The Kier molecular flexibility index (Phi) is 2.58. The van der Waals surface area contributed by atoms with Gasteiger partial charge in [0.05, 0.1) is 11.7 Å². The number of piperidine rings is 1. The summed E-state index contributed by atoms with van der Waals surface area (Å²) in [6.07, 6.45) is 3.51. The summed E-state index contributed by atoms with van der Waals surface area (Å²) in [7, 11) is 1.88. The van der Waals surface area contributed by atoms with Crippen molar-refractivity contribution in [1.29, 1.82) is 0 Å². The Morgan fingerprint density at radius 1 is 1.44 bits per heavy atom. The van der Waals surface area contributed by atoms with Gasteiger partial charge in [-0.1, -0.05) is 0 Å². The minimum absolute atomic E-state index is 0.246. The minimum atomic E-state index is 0.246. The molecule has 0 aliphatic carbocycles. The predicted octanol–water partition coefficient (Wildman–Crippen LogP) is 2.21. The zero-order valence-electron chi connectivity index (χ0n) is 10.7. The maximum absolute atomic E-state index is 11.8. The van der Waals surface area contributed by atoms with Gasteiger partial charge in [0.15, 0.2) is 0 Å². The molecule has 1 amide bonds. The summed E-state index contributed by atoms with van der Waals surface area (Å²) in [5.41, 5.74) is 3.60. The summed E-state index contributed by atoms with van der Waals surface area (Å²) in [6, 6.07) is 4.30. The molecule has 1 aliphatic heterocycles. The molecule has 4 nitrogen and oxygen atoms in total. The van der Waals surface area contributed by atoms with E-state index in [1.165, 1.54) is 11.1 Å². The van der Waals surface area contributed by atoms with Crippen LogP contribution >= 0.6 is 0 Å². The van der Waals surface area contributed by atoms with E-state index in [1.54, 1.807) is 0 Å². The second kappa shape index (κ2) is 4.12. The summed E-state index contributed by atoms with van der Waals surface area (Å²) in [5, 5.41) is 8.19. The lowest BCUT2D eigenvalue weighted by Crippen LogP contribution is -2.34. The maximum Gasteiger partial charge on any atom is 0.222 e. The molecule has 0 saturated carbocycles. The van der Waals surface area contributed by atoms with Crippen molar-refractivity contribution in [2.45, 2.75) is 25.7 Å². The lowest BCUT2D eigenvalue weighted by atomic mass is 9.86. The van der Waals surface area contributed by atoms with E-state index in [9.17, 15) is 4.79 Å². The quantitative estimate of drug-likeness (QED) is 0.834. The number of fused-ring (bicyclic) bond motifs is 1. The number of H-pyrrole nitrogens is 1. The zero-order chi connectivity index (χ0) is 12.7. The number of carbonyl (C=O) groups excluding carboxylic acids is 1. The number of nitrogens with one attached hydrogen (secondary N) is 1. The van der Waals surface area contributed by atoms with Gasteiger partial charge in [-0.3, -0.25) is 9.89 Å². The first-order valence-electron chi connectivity index (χ1n) is 6.33. The molecule has 0 spiro atoms. The number of likely N-dealkylation sites (tertiary alicyclic amines) is 1. The highest BCUT2D eigenvalue weighted by atomic mass is 16.2. The zero-order valence-corrected chi connectivity index (χ0v) is 10.7. The van der Waals surface area contributed by atoms with Crippen LogP contribution in [0.3, 0.4) is 0 Å². The van der Waals surface area contributed by atoms with Crippen molar-refractivity contribution in [3.8, 4) is 0 Å². The highest BCUT2D eigenvalue weighted by molar-refractivity contribution is 5.81. The van der Waals surface area contributed by atoms with Gasteiger partial charge < -0.3 is 4.90 Å². The fraction of sp³-hybridized carbons (Fsp3) is 0.429. The summed E-state index contributed by atoms with van der Waals surface area (Å²) >= 11 is 0. The largest absolute Gasteiger partial charge is 0.346 e. The first-order chi connectivity index (χ1) is 8.65. The Morgan fingerprint density at radius 3 is 3.06 bits per heavy atom. The van der Waals surface area contributed by atoms with Gasteiger partial charge in [-0.25, -0.2) is 0 Å². The molecule has 0 bridgehead atoms. The summed E-state index contributed by atoms with van der Waals surface area (Å²) in [4.78, 5) is 13.6. The van der Waals surface area contributed by atoms with E-state index in [0.717, 1.165) is 23.9 Å². The molecule has 1 aromatic carbocycles. The third-order valence-electron chi connectivity index (χ3n) is 3.93. The molecule has 1 aliphatic rings. The molecule has 1 atom stereocenters. The van der Waals surface area contributed by atoms with Crippen molar-refractivity contribution in [3.63, 3.8) is 0 Å². The Balaban J connectivity index is 1.98. The van der Waals surface area contributed by atoms with Crippen LogP contribution in [0.15, 0.2) is 18.3 Å². The van der Waals surface area contributed by atoms with Crippen LogP contribution in [0.25, 0.3) is 10.9 Å². The van der Waals surface area contributed by atoms with Gasteiger partial charge in [0.2, 0.25) is 5.91 Å². The molecule has 1 fully saturated rings. The number of aryl methyl sites for hydroxylation is 1. The molecule has 0 radical (unpaired) electrons. The van der Waals surface area contributed by atoms with Gasteiger partial charge in [0, 0.05) is 25.4 Å². The number of amides is 1.